The first-order valence-corrected chi connectivity index (χ1v) is 8.08. The molecule has 0 amide bonds. The summed E-state index contributed by atoms with van der Waals surface area (Å²) in [5.41, 5.74) is 1.43. The smallest absolute Gasteiger partial charge is 0.0576 e. The maximum absolute atomic E-state index is 5.73. The van der Waals surface area contributed by atoms with Crippen LogP contribution < -0.4 is 5.32 Å². The minimum Gasteiger partial charge on any atom is -0.378 e. The molecule has 102 valence electrons. The summed E-state index contributed by atoms with van der Waals surface area (Å²) in [7, 11) is 0. The van der Waals surface area contributed by atoms with Crippen molar-refractivity contribution >= 4 is 11.3 Å². The molecule has 1 N–H and O–H groups in total. The fourth-order valence-corrected chi connectivity index (χ4v) is 3.65. The van der Waals surface area contributed by atoms with Gasteiger partial charge in [-0.25, -0.2) is 0 Å². The maximum Gasteiger partial charge on any atom is 0.0576 e. The second-order valence-corrected chi connectivity index (χ2v) is 6.13. The molecule has 2 heterocycles. The van der Waals surface area contributed by atoms with Crippen LogP contribution in [0.4, 0.5) is 0 Å². The van der Waals surface area contributed by atoms with Gasteiger partial charge < -0.3 is 10.1 Å². The van der Waals surface area contributed by atoms with Gasteiger partial charge in [0.15, 0.2) is 0 Å². The summed E-state index contributed by atoms with van der Waals surface area (Å²) in [4.78, 5) is 1.52. The second kappa shape index (κ2) is 7.27. The lowest BCUT2D eigenvalue weighted by atomic mass is 10.0. The molecule has 2 atom stereocenters. The van der Waals surface area contributed by atoms with Crippen molar-refractivity contribution in [2.45, 2.75) is 58.1 Å². The fraction of sp³-hybridized carbons (Fsp3) is 0.733. The molecule has 3 heteroatoms. The predicted molar refractivity (Wildman–Crippen MR) is 78.3 cm³/mol. The number of rotatable bonds is 7. The molecule has 0 aromatic carbocycles. The van der Waals surface area contributed by atoms with Crippen LogP contribution in [0.15, 0.2) is 11.4 Å². The molecule has 1 fully saturated rings. The molecule has 0 spiro atoms. The first-order valence-electron chi connectivity index (χ1n) is 7.20. The lowest BCUT2D eigenvalue weighted by Crippen LogP contribution is -2.23. The van der Waals surface area contributed by atoms with Gasteiger partial charge in [-0.15, -0.1) is 11.3 Å². The number of ether oxygens (including phenoxy) is 1. The Morgan fingerprint density at radius 3 is 3.06 bits per heavy atom. The average Bonchev–Trinajstić information content (AvgIpc) is 3.01. The Bertz CT molecular complexity index is 344. The highest BCUT2D eigenvalue weighted by molar-refractivity contribution is 7.10. The molecule has 0 aliphatic carbocycles. The van der Waals surface area contributed by atoms with E-state index in [4.69, 9.17) is 4.74 Å². The van der Waals surface area contributed by atoms with E-state index in [1.54, 1.807) is 0 Å². The Morgan fingerprint density at radius 1 is 1.56 bits per heavy atom. The van der Waals surface area contributed by atoms with Crippen LogP contribution in [0.5, 0.6) is 0 Å². The minimum absolute atomic E-state index is 0.510. The van der Waals surface area contributed by atoms with Gasteiger partial charge >= 0.3 is 0 Å². The van der Waals surface area contributed by atoms with Crippen LogP contribution in [0, 0.1) is 6.92 Å². The quantitative estimate of drug-likeness (QED) is 0.804. The largest absolute Gasteiger partial charge is 0.378 e. The van der Waals surface area contributed by atoms with Crippen molar-refractivity contribution in [1.29, 1.82) is 0 Å². The van der Waals surface area contributed by atoms with Gasteiger partial charge in [-0.2, -0.15) is 0 Å². The highest BCUT2D eigenvalue weighted by atomic mass is 32.1. The van der Waals surface area contributed by atoms with Crippen LogP contribution in [0.25, 0.3) is 0 Å². The van der Waals surface area contributed by atoms with E-state index in [0.717, 1.165) is 13.2 Å². The molecular formula is C15H25NOS. The fourth-order valence-electron chi connectivity index (χ4n) is 2.61. The Hall–Kier alpha value is -0.380. The van der Waals surface area contributed by atoms with E-state index in [9.17, 15) is 0 Å². The van der Waals surface area contributed by atoms with Gasteiger partial charge in [-0.05, 0) is 62.6 Å². The van der Waals surface area contributed by atoms with Gasteiger partial charge in [-0.1, -0.05) is 6.92 Å². The maximum atomic E-state index is 5.73. The zero-order chi connectivity index (χ0) is 12.8. The van der Waals surface area contributed by atoms with Gasteiger partial charge in [0.25, 0.3) is 0 Å². The molecular weight excluding hydrogens is 242 g/mol. The Morgan fingerprint density at radius 2 is 2.44 bits per heavy atom. The molecule has 2 unspecified atom stereocenters. The molecule has 1 aromatic heterocycles. The molecule has 1 aliphatic heterocycles. The van der Waals surface area contributed by atoms with Crippen molar-refractivity contribution in [1.82, 2.24) is 5.32 Å². The third kappa shape index (κ3) is 3.81. The van der Waals surface area contributed by atoms with Gasteiger partial charge in [0.1, 0.15) is 0 Å². The first kappa shape index (κ1) is 14.0. The molecule has 2 rings (SSSR count). The van der Waals surface area contributed by atoms with Gasteiger partial charge in [-0.3, -0.25) is 0 Å². The van der Waals surface area contributed by atoms with Crippen molar-refractivity contribution < 1.29 is 4.74 Å². The number of thiophene rings is 1. The summed E-state index contributed by atoms with van der Waals surface area (Å²) in [5, 5.41) is 5.90. The third-order valence-electron chi connectivity index (χ3n) is 3.66. The first-order chi connectivity index (χ1) is 8.81. The topological polar surface area (TPSA) is 21.3 Å². The van der Waals surface area contributed by atoms with E-state index in [0.29, 0.717) is 12.1 Å². The van der Waals surface area contributed by atoms with Gasteiger partial charge in [0.2, 0.25) is 0 Å². The van der Waals surface area contributed by atoms with Crippen molar-refractivity contribution in [3.8, 4) is 0 Å². The van der Waals surface area contributed by atoms with E-state index in [-0.39, 0.29) is 0 Å². The standard InChI is InChI=1S/C15H25NOS/c1-3-9-16-14(15-12(2)8-11-18-15)7-6-13-5-4-10-17-13/h8,11,13-14,16H,3-7,9-10H2,1-2H3. The van der Waals surface area contributed by atoms with E-state index >= 15 is 0 Å². The monoisotopic (exact) mass is 267 g/mol. The summed E-state index contributed by atoms with van der Waals surface area (Å²) in [5.74, 6) is 0. The highest BCUT2D eigenvalue weighted by Gasteiger charge is 2.20. The normalized spacial score (nSPS) is 21.3. The molecule has 1 aliphatic rings. The molecule has 18 heavy (non-hydrogen) atoms. The van der Waals surface area contributed by atoms with Crippen LogP contribution in [0.3, 0.4) is 0 Å². The summed E-state index contributed by atoms with van der Waals surface area (Å²) in [6, 6.07) is 2.75. The van der Waals surface area contributed by atoms with Crippen LogP contribution in [-0.4, -0.2) is 19.3 Å². The third-order valence-corrected chi connectivity index (χ3v) is 4.79. The number of hydrogen-bond acceptors (Lipinski definition) is 3. The zero-order valence-corrected chi connectivity index (χ0v) is 12.4. The lowest BCUT2D eigenvalue weighted by Gasteiger charge is -2.20. The molecule has 1 aromatic rings. The van der Waals surface area contributed by atoms with Crippen molar-refractivity contribution in [3.63, 3.8) is 0 Å². The van der Waals surface area contributed by atoms with Gasteiger partial charge in [0, 0.05) is 17.5 Å². The summed E-state index contributed by atoms with van der Waals surface area (Å²) >= 11 is 1.89. The summed E-state index contributed by atoms with van der Waals surface area (Å²) in [6.07, 6.45) is 6.60. The SMILES string of the molecule is CCCNC(CCC1CCCO1)c1sccc1C. The average molecular weight is 267 g/mol. The van der Waals surface area contributed by atoms with Crippen LogP contribution in [0.2, 0.25) is 0 Å². The van der Waals surface area contributed by atoms with Crippen LogP contribution >= 0.6 is 11.3 Å². The Labute approximate surface area is 115 Å². The van der Waals surface area contributed by atoms with Crippen LogP contribution in [-0.2, 0) is 4.74 Å². The number of aryl methyl sites for hydroxylation is 1. The van der Waals surface area contributed by atoms with Crippen molar-refractivity contribution in [3.05, 3.63) is 21.9 Å². The zero-order valence-electron chi connectivity index (χ0n) is 11.6. The van der Waals surface area contributed by atoms with Crippen molar-refractivity contribution in [2.75, 3.05) is 13.2 Å². The molecule has 0 bridgehead atoms. The number of hydrogen-bond donors (Lipinski definition) is 1. The van der Waals surface area contributed by atoms with E-state index in [1.807, 2.05) is 11.3 Å². The lowest BCUT2D eigenvalue weighted by molar-refractivity contribution is 0.0997. The molecule has 1 saturated heterocycles. The van der Waals surface area contributed by atoms with E-state index < -0.39 is 0 Å². The Kier molecular flexibility index (Phi) is 5.67. The van der Waals surface area contributed by atoms with E-state index in [1.165, 1.54) is 42.5 Å². The highest BCUT2D eigenvalue weighted by Crippen LogP contribution is 2.29. The number of nitrogens with one attached hydrogen (secondary N) is 1. The van der Waals surface area contributed by atoms with Crippen LogP contribution in [0.1, 0.15) is 55.5 Å². The second-order valence-electron chi connectivity index (χ2n) is 5.19. The van der Waals surface area contributed by atoms with E-state index in [2.05, 4.69) is 30.6 Å². The molecule has 2 nitrogen and oxygen atoms in total. The molecule has 0 radical (unpaired) electrons. The minimum atomic E-state index is 0.510. The summed E-state index contributed by atoms with van der Waals surface area (Å²) in [6.45, 7) is 6.52. The molecule has 0 saturated carbocycles. The Balaban J connectivity index is 1.90. The van der Waals surface area contributed by atoms with Crippen molar-refractivity contribution in [2.24, 2.45) is 0 Å². The van der Waals surface area contributed by atoms with Gasteiger partial charge in [0.05, 0.1) is 6.10 Å². The summed E-state index contributed by atoms with van der Waals surface area (Å²) < 4.78 is 5.73. The predicted octanol–water partition coefficient (Wildman–Crippen LogP) is 4.06.